The topological polar surface area (TPSA) is 92.6 Å². The number of rotatable bonds is 5. The fourth-order valence-electron chi connectivity index (χ4n) is 1.52. The van der Waals surface area contributed by atoms with Crippen LogP contribution in [0.2, 0.25) is 0 Å². The molecule has 10 heteroatoms. The van der Waals surface area contributed by atoms with Crippen LogP contribution in [-0.4, -0.2) is 52.5 Å². The van der Waals surface area contributed by atoms with Crippen LogP contribution in [0, 0.1) is 0 Å². The lowest BCUT2D eigenvalue weighted by molar-refractivity contribution is -0.141. The number of halogens is 1. The Balaban J connectivity index is 2.02. The zero-order valence-electron chi connectivity index (χ0n) is 10.0. The Morgan fingerprint density at radius 2 is 2.40 bits per heavy atom. The molecule has 0 bridgehead atoms. The van der Waals surface area contributed by atoms with Gasteiger partial charge in [0.1, 0.15) is 12.9 Å². The summed E-state index contributed by atoms with van der Waals surface area (Å²) in [5.41, 5.74) is -0.0452. The van der Waals surface area contributed by atoms with E-state index in [0.717, 1.165) is 12.4 Å². The van der Waals surface area contributed by atoms with Gasteiger partial charge in [-0.25, -0.2) is 14.8 Å². The number of thiocarbonyl (C=S) groups is 1. The Labute approximate surface area is 124 Å². The monoisotopic (exact) mass is 316 g/mol. The molecule has 0 aromatic heterocycles. The first kappa shape index (κ1) is 14.6. The van der Waals surface area contributed by atoms with E-state index in [-0.39, 0.29) is 24.0 Å². The molecule has 0 radical (unpaired) electrons. The van der Waals surface area contributed by atoms with Crippen LogP contribution < -0.4 is 5.32 Å². The average Bonchev–Trinajstić information content (AvgIpc) is 2.85. The van der Waals surface area contributed by atoms with Gasteiger partial charge in [0, 0.05) is 17.9 Å². The van der Waals surface area contributed by atoms with Crippen LogP contribution in [0.15, 0.2) is 22.6 Å². The summed E-state index contributed by atoms with van der Waals surface area (Å²) in [5.74, 6) is -2.72. The maximum absolute atomic E-state index is 11.9. The average molecular weight is 317 g/mol. The number of esters is 1. The smallest absolute Gasteiger partial charge is 0.330 e. The fraction of sp³-hybridized carbons (Fsp3) is 0.300. The Bertz CT molecular complexity index is 549. The minimum Gasteiger partial charge on any atom is -0.460 e. The minimum absolute atomic E-state index is 0.0267. The minimum atomic E-state index is -1.51. The van der Waals surface area contributed by atoms with E-state index in [0.29, 0.717) is 4.42 Å². The number of hydrogen-bond acceptors (Lipinski definition) is 7. The quantitative estimate of drug-likeness (QED) is 0.247. The molecule has 0 aromatic carbocycles. The number of ether oxygens (including phenoxy) is 2. The van der Waals surface area contributed by atoms with Crippen LogP contribution in [-0.2, 0) is 19.1 Å². The van der Waals surface area contributed by atoms with Crippen molar-refractivity contribution in [1.82, 2.24) is 9.74 Å². The van der Waals surface area contributed by atoms with Gasteiger partial charge in [0.15, 0.2) is 10.8 Å². The molecule has 1 amide bonds. The van der Waals surface area contributed by atoms with Gasteiger partial charge in [-0.1, -0.05) is 6.58 Å². The molecular weight excluding hydrogens is 308 g/mol. The number of amides is 1. The van der Waals surface area contributed by atoms with E-state index in [9.17, 15) is 9.59 Å². The van der Waals surface area contributed by atoms with Crippen molar-refractivity contribution in [2.75, 3.05) is 13.2 Å². The fourth-order valence-corrected chi connectivity index (χ4v) is 1.86. The standard InChI is InChI=1S/C10H9ClN4O4S/c1-2-6(16)18-3-4-19-10-7(12-5-13-10)8(17)15(11)9(20)14-10/h2,5H,1,3-4H2,(H,14,20). The summed E-state index contributed by atoms with van der Waals surface area (Å²) < 4.78 is 10.9. The Kier molecular flexibility index (Phi) is 4.12. The Morgan fingerprint density at radius 3 is 3.10 bits per heavy atom. The molecule has 8 nitrogen and oxygen atoms in total. The SMILES string of the molecule is C=CC(=O)OCCOC12N=CN=C1C(=O)N(Cl)C(=S)N2. The Morgan fingerprint density at radius 1 is 1.65 bits per heavy atom. The summed E-state index contributed by atoms with van der Waals surface area (Å²) in [5, 5.41) is 2.61. The third-order valence-electron chi connectivity index (χ3n) is 2.39. The molecule has 2 rings (SSSR count). The molecule has 0 aliphatic carbocycles. The predicted octanol–water partition coefficient (Wildman–Crippen LogP) is -0.261. The van der Waals surface area contributed by atoms with Crippen LogP contribution in [0.4, 0.5) is 0 Å². The van der Waals surface area contributed by atoms with E-state index < -0.39 is 17.7 Å². The van der Waals surface area contributed by atoms with Gasteiger partial charge in [-0.2, -0.15) is 4.42 Å². The summed E-state index contributed by atoms with van der Waals surface area (Å²) in [4.78, 5) is 30.5. The number of fused-ring (bicyclic) bond motifs is 1. The van der Waals surface area contributed by atoms with Gasteiger partial charge >= 0.3 is 5.97 Å². The maximum Gasteiger partial charge on any atom is 0.330 e. The normalized spacial score (nSPS) is 24.1. The van der Waals surface area contributed by atoms with Gasteiger partial charge < -0.3 is 14.8 Å². The largest absolute Gasteiger partial charge is 0.460 e. The lowest BCUT2D eigenvalue weighted by Crippen LogP contribution is -2.65. The zero-order chi connectivity index (χ0) is 14.8. The second-order valence-corrected chi connectivity index (χ2v) is 4.33. The number of nitrogens with zero attached hydrogens (tertiary/aromatic N) is 3. The van der Waals surface area contributed by atoms with Crippen LogP contribution in [0.3, 0.4) is 0 Å². The molecule has 0 spiro atoms. The van der Waals surface area contributed by atoms with Crippen molar-refractivity contribution in [2.45, 2.75) is 5.85 Å². The summed E-state index contributed by atoms with van der Waals surface area (Å²) in [6, 6.07) is 0. The number of nitrogens with one attached hydrogen (secondary N) is 1. The number of carbonyl (C=O) groups is 2. The highest BCUT2D eigenvalue weighted by atomic mass is 35.5. The van der Waals surface area contributed by atoms with Crippen molar-refractivity contribution in [3.63, 3.8) is 0 Å². The highest BCUT2D eigenvalue weighted by molar-refractivity contribution is 7.80. The van der Waals surface area contributed by atoms with Crippen LogP contribution in [0.25, 0.3) is 0 Å². The molecule has 1 saturated heterocycles. The third-order valence-corrected chi connectivity index (χ3v) is 3.10. The van der Waals surface area contributed by atoms with E-state index in [1.165, 1.54) is 0 Å². The molecule has 1 fully saturated rings. The lowest BCUT2D eigenvalue weighted by Gasteiger charge is -2.35. The molecule has 0 saturated carbocycles. The second-order valence-electron chi connectivity index (χ2n) is 3.60. The van der Waals surface area contributed by atoms with Crippen LogP contribution in [0.5, 0.6) is 0 Å². The summed E-state index contributed by atoms with van der Waals surface area (Å²) in [7, 11) is 0. The number of carbonyl (C=O) groups excluding carboxylic acids is 2. The molecule has 2 aliphatic heterocycles. The molecule has 2 aliphatic rings. The first-order valence-corrected chi connectivity index (χ1v) is 6.12. The molecule has 1 atom stereocenters. The van der Waals surface area contributed by atoms with Crippen molar-refractivity contribution in [3.05, 3.63) is 12.7 Å². The highest BCUT2D eigenvalue weighted by Crippen LogP contribution is 2.23. The van der Waals surface area contributed by atoms with Gasteiger partial charge in [0.2, 0.25) is 0 Å². The summed E-state index contributed by atoms with van der Waals surface area (Å²) >= 11 is 10.6. The van der Waals surface area contributed by atoms with Gasteiger partial charge in [-0.3, -0.25) is 4.79 Å². The van der Waals surface area contributed by atoms with E-state index in [4.69, 9.17) is 33.5 Å². The van der Waals surface area contributed by atoms with Crippen molar-refractivity contribution in [1.29, 1.82) is 0 Å². The van der Waals surface area contributed by atoms with E-state index in [1.54, 1.807) is 0 Å². The van der Waals surface area contributed by atoms with Crippen molar-refractivity contribution in [3.8, 4) is 0 Å². The molecule has 106 valence electrons. The van der Waals surface area contributed by atoms with Crippen LogP contribution >= 0.6 is 24.0 Å². The van der Waals surface area contributed by atoms with Gasteiger partial charge in [-0.15, -0.1) is 0 Å². The van der Waals surface area contributed by atoms with E-state index in [2.05, 4.69) is 21.9 Å². The summed E-state index contributed by atoms with van der Waals surface area (Å²) in [6.07, 6.45) is 2.19. The first-order chi connectivity index (χ1) is 9.50. The van der Waals surface area contributed by atoms with Crippen molar-refractivity contribution >= 4 is 53.0 Å². The maximum atomic E-state index is 11.9. The van der Waals surface area contributed by atoms with Crippen LogP contribution in [0.1, 0.15) is 0 Å². The second kappa shape index (κ2) is 5.65. The predicted molar refractivity (Wildman–Crippen MR) is 74.2 cm³/mol. The van der Waals surface area contributed by atoms with Crippen molar-refractivity contribution < 1.29 is 19.1 Å². The van der Waals surface area contributed by atoms with Gasteiger partial charge in [0.25, 0.3) is 11.8 Å². The third kappa shape index (κ3) is 2.55. The molecule has 2 heterocycles. The van der Waals surface area contributed by atoms with Gasteiger partial charge in [0.05, 0.1) is 6.61 Å². The van der Waals surface area contributed by atoms with Crippen molar-refractivity contribution in [2.24, 2.45) is 9.98 Å². The molecular formula is C10H9ClN4O4S. The number of hydrogen-bond donors (Lipinski definition) is 1. The van der Waals surface area contributed by atoms with E-state index >= 15 is 0 Å². The highest BCUT2D eigenvalue weighted by Gasteiger charge is 2.50. The molecule has 1 unspecified atom stereocenters. The molecule has 1 N–H and O–H groups in total. The molecule has 20 heavy (non-hydrogen) atoms. The van der Waals surface area contributed by atoms with E-state index in [1.807, 2.05) is 0 Å². The lowest BCUT2D eigenvalue weighted by atomic mass is 10.2. The van der Waals surface area contributed by atoms with Gasteiger partial charge in [-0.05, 0) is 12.2 Å². The number of aliphatic imine (C=N–C) groups is 2. The summed E-state index contributed by atoms with van der Waals surface area (Å²) in [6.45, 7) is 3.19. The molecule has 0 aromatic rings. The Hall–Kier alpha value is -1.84. The zero-order valence-corrected chi connectivity index (χ0v) is 11.6. The first-order valence-electron chi connectivity index (χ1n) is 5.37.